The third-order valence-corrected chi connectivity index (χ3v) is 3.94. The van der Waals surface area contributed by atoms with E-state index in [0.29, 0.717) is 24.3 Å². The zero-order valence-corrected chi connectivity index (χ0v) is 11.9. The highest BCUT2D eigenvalue weighted by Gasteiger charge is 2.38. The van der Waals surface area contributed by atoms with Crippen LogP contribution in [0.1, 0.15) is 10.4 Å². The molecular formula is C14H15N3O5. The van der Waals surface area contributed by atoms with Crippen LogP contribution < -0.4 is 10.2 Å². The Balaban J connectivity index is 1.92. The smallest absolute Gasteiger partial charge is 0.407 e. The number of carboxylic acid groups (broad SMARTS) is 1. The molecule has 0 saturated carbocycles. The van der Waals surface area contributed by atoms with Crippen molar-refractivity contribution in [1.29, 1.82) is 0 Å². The molecule has 1 aromatic rings. The van der Waals surface area contributed by atoms with Gasteiger partial charge in [0.25, 0.3) is 0 Å². The second-order valence-corrected chi connectivity index (χ2v) is 5.15. The van der Waals surface area contributed by atoms with E-state index >= 15 is 0 Å². The molecule has 1 atom stereocenters. The Morgan fingerprint density at radius 2 is 2.14 bits per heavy atom. The Labute approximate surface area is 126 Å². The maximum Gasteiger partial charge on any atom is 0.407 e. The van der Waals surface area contributed by atoms with Crippen LogP contribution in [0.3, 0.4) is 0 Å². The number of nitrogens with zero attached hydrogens (tertiary/aromatic N) is 2. The van der Waals surface area contributed by atoms with E-state index in [4.69, 9.17) is 5.11 Å². The fraction of sp³-hybridized carbons (Fsp3) is 0.357. The monoisotopic (exact) mass is 305 g/mol. The third kappa shape index (κ3) is 2.22. The highest BCUT2D eigenvalue weighted by molar-refractivity contribution is 6.05. The highest BCUT2D eigenvalue weighted by atomic mass is 16.5. The van der Waals surface area contributed by atoms with Gasteiger partial charge < -0.3 is 25.0 Å². The topological polar surface area (TPSA) is 99.2 Å². The molecule has 0 bridgehead atoms. The van der Waals surface area contributed by atoms with Crippen molar-refractivity contribution < 1.29 is 24.2 Å². The summed E-state index contributed by atoms with van der Waals surface area (Å²) in [5.74, 6) is -0.754. The Morgan fingerprint density at radius 1 is 1.36 bits per heavy atom. The molecule has 22 heavy (non-hydrogen) atoms. The van der Waals surface area contributed by atoms with Gasteiger partial charge in [0.15, 0.2) is 0 Å². The van der Waals surface area contributed by atoms with Gasteiger partial charge in [-0.05, 0) is 18.2 Å². The van der Waals surface area contributed by atoms with E-state index in [9.17, 15) is 14.4 Å². The van der Waals surface area contributed by atoms with Gasteiger partial charge in [0.1, 0.15) is 6.04 Å². The number of fused-ring (bicyclic) bond motifs is 3. The van der Waals surface area contributed by atoms with Gasteiger partial charge >= 0.3 is 12.1 Å². The normalized spacial score (nSPS) is 19.9. The van der Waals surface area contributed by atoms with Crippen LogP contribution in [0.2, 0.25) is 0 Å². The van der Waals surface area contributed by atoms with Crippen molar-refractivity contribution in [2.24, 2.45) is 0 Å². The Kier molecular flexibility index (Phi) is 3.36. The molecule has 2 heterocycles. The molecule has 1 unspecified atom stereocenters. The van der Waals surface area contributed by atoms with Gasteiger partial charge in [-0.1, -0.05) is 0 Å². The first-order valence-electron chi connectivity index (χ1n) is 6.79. The molecular weight excluding hydrogens is 290 g/mol. The van der Waals surface area contributed by atoms with E-state index < -0.39 is 18.1 Å². The number of nitrogens with one attached hydrogen (secondary N) is 1. The van der Waals surface area contributed by atoms with Gasteiger partial charge in [-0.3, -0.25) is 4.79 Å². The summed E-state index contributed by atoms with van der Waals surface area (Å²) >= 11 is 0. The van der Waals surface area contributed by atoms with Crippen LogP contribution in [-0.4, -0.2) is 60.8 Å². The van der Waals surface area contributed by atoms with Crippen LogP contribution in [0, 0.1) is 0 Å². The number of hydrogen-bond donors (Lipinski definition) is 2. The summed E-state index contributed by atoms with van der Waals surface area (Å²) in [6.07, 6.45) is -1.03. The zero-order valence-electron chi connectivity index (χ0n) is 11.9. The molecule has 1 saturated heterocycles. The average Bonchev–Trinajstić information content (AvgIpc) is 2.53. The standard InChI is InChI=1S/C14H15N3O5/c1-22-13(19)8-2-3-10-9(6-8)15-12(18)11-7-16(14(20)21)4-5-17(10)11/h2-3,6,11H,4-5,7H2,1H3,(H,15,18)(H,20,21). The van der Waals surface area contributed by atoms with Crippen LogP contribution >= 0.6 is 0 Å². The average molecular weight is 305 g/mol. The molecule has 0 aromatic heterocycles. The number of hydrogen-bond acceptors (Lipinski definition) is 5. The predicted molar refractivity (Wildman–Crippen MR) is 77.1 cm³/mol. The number of esters is 1. The summed E-state index contributed by atoms with van der Waals surface area (Å²) in [5.41, 5.74) is 1.67. The lowest BCUT2D eigenvalue weighted by atomic mass is 10.0. The molecule has 0 aliphatic carbocycles. The molecule has 116 valence electrons. The van der Waals surface area contributed by atoms with Crippen molar-refractivity contribution in [2.75, 3.05) is 37.0 Å². The summed E-state index contributed by atoms with van der Waals surface area (Å²) in [6.45, 7) is 0.881. The lowest BCUT2D eigenvalue weighted by Crippen LogP contribution is -2.60. The number of piperazine rings is 1. The van der Waals surface area contributed by atoms with E-state index in [-0.39, 0.29) is 12.5 Å². The molecule has 2 aliphatic rings. The van der Waals surface area contributed by atoms with Crippen LogP contribution in [0.4, 0.5) is 16.2 Å². The van der Waals surface area contributed by atoms with Gasteiger partial charge in [0.2, 0.25) is 5.91 Å². The number of amides is 2. The largest absolute Gasteiger partial charge is 0.465 e. The number of ether oxygens (including phenoxy) is 1. The Morgan fingerprint density at radius 3 is 2.82 bits per heavy atom. The van der Waals surface area contributed by atoms with E-state index in [0.717, 1.165) is 5.69 Å². The first-order valence-corrected chi connectivity index (χ1v) is 6.79. The summed E-state index contributed by atoms with van der Waals surface area (Å²) in [7, 11) is 1.29. The molecule has 8 heteroatoms. The van der Waals surface area contributed by atoms with Crippen molar-refractivity contribution in [3.05, 3.63) is 23.8 Å². The maximum atomic E-state index is 12.2. The number of rotatable bonds is 1. The fourth-order valence-corrected chi connectivity index (χ4v) is 2.82. The van der Waals surface area contributed by atoms with Gasteiger partial charge in [-0.2, -0.15) is 0 Å². The van der Waals surface area contributed by atoms with Gasteiger partial charge in [0.05, 0.1) is 30.6 Å². The quantitative estimate of drug-likeness (QED) is 0.737. The number of carbonyl (C=O) groups excluding carboxylic acids is 2. The van der Waals surface area contributed by atoms with Crippen molar-refractivity contribution in [1.82, 2.24) is 4.90 Å². The SMILES string of the molecule is COC(=O)c1ccc2c(c1)NC(=O)C1CN(C(=O)O)CCN21. The molecule has 2 amide bonds. The van der Waals surface area contributed by atoms with Crippen molar-refractivity contribution in [3.8, 4) is 0 Å². The number of carbonyl (C=O) groups is 3. The zero-order chi connectivity index (χ0) is 15.9. The summed E-state index contributed by atoms with van der Waals surface area (Å²) < 4.78 is 4.66. The molecule has 2 aliphatic heterocycles. The lowest BCUT2D eigenvalue weighted by molar-refractivity contribution is -0.118. The first-order chi connectivity index (χ1) is 10.5. The van der Waals surface area contributed by atoms with Gasteiger partial charge in [-0.15, -0.1) is 0 Å². The first kappa shape index (κ1) is 14.2. The van der Waals surface area contributed by atoms with Crippen molar-refractivity contribution in [3.63, 3.8) is 0 Å². The van der Waals surface area contributed by atoms with Crippen LogP contribution in [0.25, 0.3) is 0 Å². The minimum atomic E-state index is -1.03. The van der Waals surface area contributed by atoms with Gasteiger partial charge in [0, 0.05) is 13.1 Å². The second-order valence-electron chi connectivity index (χ2n) is 5.15. The molecule has 1 fully saturated rings. The van der Waals surface area contributed by atoms with Crippen LogP contribution in [0.5, 0.6) is 0 Å². The fourth-order valence-electron chi connectivity index (χ4n) is 2.82. The summed E-state index contributed by atoms with van der Waals surface area (Å²) in [5, 5.41) is 11.8. The molecule has 0 spiro atoms. The van der Waals surface area contributed by atoms with E-state index in [1.807, 2.05) is 4.90 Å². The van der Waals surface area contributed by atoms with E-state index in [2.05, 4.69) is 10.1 Å². The number of anilines is 2. The molecule has 8 nitrogen and oxygen atoms in total. The highest BCUT2D eigenvalue weighted by Crippen LogP contribution is 2.34. The molecule has 2 N–H and O–H groups in total. The van der Waals surface area contributed by atoms with Crippen LogP contribution in [0.15, 0.2) is 18.2 Å². The molecule has 1 aromatic carbocycles. The van der Waals surface area contributed by atoms with E-state index in [1.54, 1.807) is 18.2 Å². The number of methoxy groups -OCH3 is 1. The summed E-state index contributed by atoms with van der Waals surface area (Å²) in [4.78, 5) is 37.9. The summed E-state index contributed by atoms with van der Waals surface area (Å²) in [6, 6.07) is 4.38. The maximum absolute atomic E-state index is 12.2. The lowest BCUT2D eigenvalue weighted by Gasteiger charge is -2.44. The van der Waals surface area contributed by atoms with Crippen molar-refractivity contribution >= 4 is 29.3 Å². The molecule has 3 rings (SSSR count). The number of benzene rings is 1. The predicted octanol–water partition coefficient (Wildman–Crippen LogP) is 0.594. The minimum Gasteiger partial charge on any atom is -0.465 e. The third-order valence-electron chi connectivity index (χ3n) is 3.94. The van der Waals surface area contributed by atoms with E-state index in [1.165, 1.54) is 12.0 Å². The molecule has 0 radical (unpaired) electrons. The van der Waals surface area contributed by atoms with Crippen molar-refractivity contribution in [2.45, 2.75) is 6.04 Å². The van der Waals surface area contributed by atoms with Gasteiger partial charge in [-0.25, -0.2) is 9.59 Å². The van der Waals surface area contributed by atoms with Crippen LogP contribution in [-0.2, 0) is 9.53 Å². The minimum absolute atomic E-state index is 0.124. The second kappa shape index (κ2) is 5.21. The Hall–Kier alpha value is -2.77. The Bertz CT molecular complexity index is 660.